The third-order valence-corrected chi connectivity index (χ3v) is 5.77. The average molecular weight is 446 g/mol. The Balaban J connectivity index is 1.61. The van der Waals surface area contributed by atoms with Crippen LogP contribution in [0.1, 0.15) is 47.6 Å². The van der Waals surface area contributed by atoms with Gasteiger partial charge < -0.3 is 30.7 Å². The lowest BCUT2D eigenvalue weighted by Gasteiger charge is -2.17. The fraction of sp³-hybridized carbons (Fsp3) is 0.280. The summed E-state index contributed by atoms with van der Waals surface area (Å²) in [5.41, 5.74) is 6.42. The molecule has 33 heavy (non-hydrogen) atoms. The largest absolute Gasteiger partial charge is 0.488 e. The molecule has 0 saturated heterocycles. The molecule has 8 heteroatoms. The number of hydrogen-bond donors (Lipinski definition) is 6. The molecule has 0 aromatic heterocycles. The van der Waals surface area contributed by atoms with Gasteiger partial charge in [-0.3, -0.25) is 0 Å². The van der Waals surface area contributed by atoms with Crippen LogP contribution in [0.3, 0.4) is 0 Å². The predicted octanol–water partition coefficient (Wildman–Crippen LogP) is 0.749. The average Bonchev–Trinajstić information content (AvgIpc) is 2.80. The molecular weight excluding hydrogens is 414 g/mol. The lowest BCUT2D eigenvalue weighted by atomic mass is 9.77. The first kappa shape index (κ1) is 25.2. The van der Waals surface area contributed by atoms with Crippen molar-refractivity contribution in [1.29, 1.82) is 0 Å². The van der Waals surface area contributed by atoms with Crippen molar-refractivity contribution >= 4 is 25.2 Å². The number of nitrogens with one attached hydrogen (secondary N) is 2. The van der Waals surface area contributed by atoms with Crippen molar-refractivity contribution in [3.8, 4) is 0 Å². The van der Waals surface area contributed by atoms with Crippen molar-refractivity contribution in [3.63, 3.8) is 0 Å². The molecule has 0 heterocycles. The second kappa shape index (κ2) is 12.1. The Morgan fingerprint density at radius 1 is 0.636 bits per heavy atom. The van der Waals surface area contributed by atoms with Gasteiger partial charge in [0.05, 0.1) is 0 Å². The summed E-state index contributed by atoms with van der Waals surface area (Å²) in [5, 5.41) is 45.0. The molecule has 172 valence electrons. The first-order valence-electron chi connectivity index (χ1n) is 11.3. The summed E-state index contributed by atoms with van der Waals surface area (Å²) >= 11 is 0. The Morgan fingerprint density at radius 2 is 1.12 bits per heavy atom. The van der Waals surface area contributed by atoms with Crippen LogP contribution < -0.4 is 21.6 Å². The van der Waals surface area contributed by atoms with Gasteiger partial charge in [-0.1, -0.05) is 80.6 Å². The zero-order valence-electron chi connectivity index (χ0n) is 19.2. The summed E-state index contributed by atoms with van der Waals surface area (Å²) in [6, 6.07) is 21.1. The SMILES string of the molecule is CC(C)c1cc(CNCc2ccccc2B(O)O)ccc1CNCc1ccccc1B(O)O. The van der Waals surface area contributed by atoms with Crippen LogP contribution in [0.2, 0.25) is 0 Å². The van der Waals surface area contributed by atoms with Gasteiger partial charge in [-0.25, -0.2) is 0 Å². The highest BCUT2D eigenvalue weighted by Gasteiger charge is 2.16. The topological polar surface area (TPSA) is 105 Å². The quantitative estimate of drug-likeness (QED) is 0.243. The van der Waals surface area contributed by atoms with E-state index in [9.17, 15) is 20.1 Å². The van der Waals surface area contributed by atoms with Crippen molar-refractivity contribution in [1.82, 2.24) is 10.6 Å². The Morgan fingerprint density at radius 3 is 1.64 bits per heavy atom. The van der Waals surface area contributed by atoms with Crippen LogP contribution in [0.25, 0.3) is 0 Å². The fourth-order valence-corrected chi connectivity index (χ4v) is 4.02. The fourth-order valence-electron chi connectivity index (χ4n) is 4.02. The van der Waals surface area contributed by atoms with E-state index in [4.69, 9.17) is 0 Å². The second-order valence-corrected chi connectivity index (χ2v) is 8.54. The van der Waals surface area contributed by atoms with Crippen LogP contribution >= 0.6 is 0 Å². The molecule has 3 aromatic carbocycles. The standard InChI is InChI=1S/C25H32B2N2O4/c1-18(2)23-13-19(14-28-16-21-7-3-5-9-24(21)26(30)31)11-12-20(23)15-29-17-22-8-4-6-10-25(22)27(32)33/h3-13,18,28-33H,14-17H2,1-2H3. The summed E-state index contributed by atoms with van der Waals surface area (Å²) < 4.78 is 0. The summed E-state index contributed by atoms with van der Waals surface area (Å²) in [6.45, 7) is 6.79. The van der Waals surface area contributed by atoms with E-state index in [1.807, 2.05) is 24.3 Å². The molecule has 0 radical (unpaired) electrons. The van der Waals surface area contributed by atoms with Gasteiger partial charge in [-0.05, 0) is 44.7 Å². The maximum Gasteiger partial charge on any atom is 0.488 e. The monoisotopic (exact) mass is 446 g/mol. The Bertz CT molecular complexity index is 1040. The molecule has 6 N–H and O–H groups in total. The van der Waals surface area contributed by atoms with Crippen LogP contribution in [-0.2, 0) is 26.2 Å². The van der Waals surface area contributed by atoms with E-state index in [1.54, 1.807) is 24.3 Å². The minimum atomic E-state index is -1.48. The zero-order chi connectivity index (χ0) is 23.8. The molecule has 0 amide bonds. The summed E-state index contributed by atoms with van der Waals surface area (Å²) in [7, 11) is -2.96. The van der Waals surface area contributed by atoms with Gasteiger partial charge in [0.25, 0.3) is 0 Å². The normalized spacial score (nSPS) is 11.1. The molecule has 0 saturated carbocycles. The smallest absolute Gasteiger partial charge is 0.423 e. The molecule has 0 fully saturated rings. The molecule has 0 aliphatic rings. The van der Waals surface area contributed by atoms with Gasteiger partial charge in [0.15, 0.2) is 0 Å². The van der Waals surface area contributed by atoms with E-state index in [0.717, 1.165) is 11.1 Å². The van der Waals surface area contributed by atoms with E-state index >= 15 is 0 Å². The van der Waals surface area contributed by atoms with E-state index in [0.29, 0.717) is 43.0 Å². The molecule has 0 aliphatic heterocycles. The first-order chi connectivity index (χ1) is 15.9. The van der Waals surface area contributed by atoms with E-state index < -0.39 is 14.2 Å². The minimum absolute atomic E-state index is 0.360. The van der Waals surface area contributed by atoms with Crippen molar-refractivity contribution in [2.45, 2.75) is 45.9 Å². The highest BCUT2D eigenvalue weighted by Crippen LogP contribution is 2.21. The molecule has 0 aliphatic carbocycles. The maximum atomic E-state index is 9.55. The number of benzene rings is 3. The van der Waals surface area contributed by atoms with Gasteiger partial charge in [0.1, 0.15) is 0 Å². The first-order valence-corrected chi connectivity index (χ1v) is 11.3. The van der Waals surface area contributed by atoms with Crippen molar-refractivity contribution in [3.05, 3.63) is 94.5 Å². The lowest BCUT2D eigenvalue weighted by Crippen LogP contribution is -2.34. The van der Waals surface area contributed by atoms with Gasteiger partial charge in [-0.15, -0.1) is 0 Å². The predicted molar refractivity (Wildman–Crippen MR) is 134 cm³/mol. The lowest BCUT2D eigenvalue weighted by molar-refractivity contribution is 0.424. The highest BCUT2D eigenvalue weighted by molar-refractivity contribution is 6.59. The summed E-state index contributed by atoms with van der Waals surface area (Å²) in [5.74, 6) is 0.360. The van der Waals surface area contributed by atoms with E-state index in [2.05, 4.69) is 42.7 Å². The van der Waals surface area contributed by atoms with Gasteiger partial charge in [0.2, 0.25) is 0 Å². The molecule has 3 rings (SSSR count). The Labute approximate surface area is 196 Å². The van der Waals surface area contributed by atoms with Crippen LogP contribution in [0.5, 0.6) is 0 Å². The van der Waals surface area contributed by atoms with Gasteiger partial charge >= 0.3 is 14.2 Å². The van der Waals surface area contributed by atoms with Crippen LogP contribution in [0, 0.1) is 0 Å². The van der Waals surface area contributed by atoms with Crippen molar-refractivity contribution in [2.24, 2.45) is 0 Å². The third-order valence-electron chi connectivity index (χ3n) is 5.77. The van der Waals surface area contributed by atoms with Crippen molar-refractivity contribution < 1.29 is 20.1 Å². The summed E-state index contributed by atoms with van der Waals surface area (Å²) in [4.78, 5) is 0. The number of rotatable bonds is 11. The Hall–Kier alpha value is -2.45. The van der Waals surface area contributed by atoms with Crippen LogP contribution in [0.15, 0.2) is 66.7 Å². The Kier molecular flexibility index (Phi) is 9.26. The van der Waals surface area contributed by atoms with E-state index in [1.165, 1.54) is 16.7 Å². The number of hydrogen-bond acceptors (Lipinski definition) is 6. The van der Waals surface area contributed by atoms with Gasteiger partial charge in [0, 0.05) is 26.2 Å². The molecule has 0 unspecified atom stereocenters. The summed E-state index contributed by atoms with van der Waals surface area (Å²) in [6.07, 6.45) is 0. The molecule has 0 atom stereocenters. The zero-order valence-corrected chi connectivity index (χ0v) is 19.2. The van der Waals surface area contributed by atoms with Crippen LogP contribution in [-0.4, -0.2) is 34.3 Å². The minimum Gasteiger partial charge on any atom is -0.423 e. The van der Waals surface area contributed by atoms with E-state index in [-0.39, 0.29) is 0 Å². The highest BCUT2D eigenvalue weighted by atomic mass is 16.4. The van der Waals surface area contributed by atoms with Crippen molar-refractivity contribution in [2.75, 3.05) is 0 Å². The molecule has 6 nitrogen and oxygen atoms in total. The van der Waals surface area contributed by atoms with Crippen LogP contribution in [0.4, 0.5) is 0 Å². The third kappa shape index (κ3) is 7.01. The maximum absolute atomic E-state index is 9.55. The molecular formula is C25H32B2N2O4. The molecule has 0 spiro atoms. The molecule has 0 bridgehead atoms. The molecule has 3 aromatic rings. The second-order valence-electron chi connectivity index (χ2n) is 8.54. The van der Waals surface area contributed by atoms with Gasteiger partial charge in [-0.2, -0.15) is 0 Å².